The van der Waals surface area contributed by atoms with Crippen LogP contribution in [0.25, 0.3) is 0 Å². The van der Waals surface area contributed by atoms with Gasteiger partial charge in [0.15, 0.2) is 0 Å². The van der Waals surface area contributed by atoms with E-state index in [1.54, 1.807) is 0 Å². The van der Waals surface area contributed by atoms with E-state index in [1.807, 2.05) is 12.1 Å². The summed E-state index contributed by atoms with van der Waals surface area (Å²) >= 11 is 0. The fourth-order valence-corrected chi connectivity index (χ4v) is 3.90. The summed E-state index contributed by atoms with van der Waals surface area (Å²) in [6, 6.07) is 13.0. The molecule has 0 saturated carbocycles. The maximum Gasteiger partial charge on any atom is 0.253 e. The number of benzene rings is 1. The molecule has 1 aromatic carbocycles. The zero-order valence-electron chi connectivity index (χ0n) is 15.7. The molecule has 2 aromatic rings. The normalized spacial score (nSPS) is 17.4. The zero-order chi connectivity index (χ0) is 18.0. The third-order valence-electron chi connectivity index (χ3n) is 5.45. The molecule has 0 aliphatic carbocycles. The highest BCUT2D eigenvalue weighted by Crippen LogP contribution is 2.25. The number of piperidine rings is 1. The zero-order valence-corrected chi connectivity index (χ0v) is 15.7. The van der Waals surface area contributed by atoms with Gasteiger partial charge in [-0.3, -0.25) is 4.79 Å². The smallest absolute Gasteiger partial charge is 0.253 e. The average molecular weight is 339 g/mol. The van der Waals surface area contributed by atoms with Crippen molar-refractivity contribution in [1.82, 2.24) is 14.8 Å². The SMILES string of the molecule is Cc1cc(C(=O)NC2CCN(C)CC2)c(C)n1C(C)c1ccccc1. The number of hydrogen-bond acceptors (Lipinski definition) is 2. The second-order valence-corrected chi connectivity index (χ2v) is 7.29. The van der Waals surface area contributed by atoms with Crippen LogP contribution in [0.2, 0.25) is 0 Å². The highest BCUT2D eigenvalue weighted by atomic mass is 16.1. The highest BCUT2D eigenvalue weighted by Gasteiger charge is 2.23. The van der Waals surface area contributed by atoms with Gasteiger partial charge in [0, 0.05) is 17.4 Å². The number of nitrogens with one attached hydrogen (secondary N) is 1. The lowest BCUT2D eigenvalue weighted by Gasteiger charge is -2.29. The van der Waals surface area contributed by atoms with Crippen molar-refractivity contribution in [2.75, 3.05) is 20.1 Å². The monoisotopic (exact) mass is 339 g/mol. The van der Waals surface area contributed by atoms with E-state index in [4.69, 9.17) is 0 Å². The van der Waals surface area contributed by atoms with Gasteiger partial charge in [-0.15, -0.1) is 0 Å². The van der Waals surface area contributed by atoms with Gasteiger partial charge in [0.05, 0.1) is 11.6 Å². The van der Waals surface area contributed by atoms with E-state index in [1.165, 1.54) is 5.56 Å². The molecule has 0 spiro atoms. The number of rotatable bonds is 4. The Balaban J connectivity index is 1.78. The van der Waals surface area contributed by atoms with Crippen LogP contribution in [-0.4, -0.2) is 41.6 Å². The summed E-state index contributed by atoms with van der Waals surface area (Å²) < 4.78 is 2.26. The first kappa shape index (κ1) is 17.7. The van der Waals surface area contributed by atoms with E-state index >= 15 is 0 Å². The van der Waals surface area contributed by atoms with E-state index in [-0.39, 0.29) is 11.9 Å². The Hall–Kier alpha value is -2.07. The van der Waals surface area contributed by atoms with Crippen LogP contribution in [0, 0.1) is 13.8 Å². The first-order chi connectivity index (χ1) is 12.0. The van der Waals surface area contributed by atoms with Gasteiger partial charge in [-0.25, -0.2) is 0 Å². The first-order valence-electron chi connectivity index (χ1n) is 9.20. The molecule has 1 fully saturated rings. The van der Waals surface area contributed by atoms with Crippen molar-refractivity contribution in [3.63, 3.8) is 0 Å². The molecule has 1 N–H and O–H groups in total. The van der Waals surface area contributed by atoms with Crippen molar-refractivity contribution in [3.8, 4) is 0 Å². The molecular weight excluding hydrogens is 310 g/mol. The standard InChI is InChI=1S/C21H29N3O/c1-15-14-20(21(25)22-19-10-12-23(4)13-11-19)17(3)24(15)16(2)18-8-6-5-7-9-18/h5-9,14,16,19H,10-13H2,1-4H3,(H,22,25). The lowest BCUT2D eigenvalue weighted by Crippen LogP contribution is -2.43. The van der Waals surface area contributed by atoms with Crippen LogP contribution >= 0.6 is 0 Å². The highest BCUT2D eigenvalue weighted by molar-refractivity contribution is 5.96. The molecule has 4 nitrogen and oxygen atoms in total. The van der Waals surface area contributed by atoms with Crippen molar-refractivity contribution in [1.29, 1.82) is 0 Å². The summed E-state index contributed by atoms with van der Waals surface area (Å²) in [7, 11) is 2.14. The van der Waals surface area contributed by atoms with Gasteiger partial charge >= 0.3 is 0 Å². The maximum absolute atomic E-state index is 12.8. The van der Waals surface area contributed by atoms with Crippen molar-refractivity contribution in [2.24, 2.45) is 0 Å². The van der Waals surface area contributed by atoms with E-state index in [0.717, 1.165) is 42.9 Å². The van der Waals surface area contributed by atoms with Gasteiger partial charge in [0.2, 0.25) is 0 Å². The Morgan fingerprint density at radius 1 is 1.16 bits per heavy atom. The van der Waals surface area contributed by atoms with Gasteiger partial charge in [0.25, 0.3) is 5.91 Å². The van der Waals surface area contributed by atoms with Crippen LogP contribution in [-0.2, 0) is 0 Å². The topological polar surface area (TPSA) is 37.3 Å². The predicted molar refractivity (Wildman–Crippen MR) is 102 cm³/mol. The summed E-state index contributed by atoms with van der Waals surface area (Å²) in [6.45, 7) is 8.42. The molecule has 25 heavy (non-hydrogen) atoms. The third kappa shape index (κ3) is 3.79. The second kappa shape index (κ2) is 7.44. The van der Waals surface area contributed by atoms with Gasteiger partial charge in [-0.2, -0.15) is 0 Å². The van der Waals surface area contributed by atoms with E-state index in [9.17, 15) is 4.79 Å². The summed E-state index contributed by atoms with van der Waals surface area (Å²) in [5.41, 5.74) is 4.23. The van der Waals surface area contributed by atoms with E-state index in [2.05, 4.69) is 66.9 Å². The summed E-state index contributed by atoms with van der Waals surface area (Å²) in [6.07, 6.45) is 2.06. The molecule has 1 unspecified atom stereocenters. The van der Waals surface area contributed by atoms with Crippen LogP contribution in [0.5, 0.6) is 0 Å². The van der Waals surface area contributed by atoms with Gasteiger partial charge in [-0.1, -0.05) is 30.3 Å². The molecule has 3 rings (SSSR count). The number of nitrogens with zero attached hydrogens (tertiary/aromatic N) is 2. The van der Waals surface area contributed by atoms with Crippen LogP contribution in [0.3, 0.4) is 0 Å². The fourth-order valence-electron chi connectivity index (χ4n) is 3.90. The molecule has 0 bridgehead atoms. The lowest BCUT2D eigenvalue weighted by molar-refractivity contribution is 0.0916. The number of carbonyl (C=O) groups is 1. The second-order valence-electron chi connectivity index (χ2n) is 7.29. The summed E-state index contributed by atoms with van der Waals surface area (Å²) in [5.74, 6) is 0.0640. The van der Waals surface area contributed by atoms with Crippen molar-refractivity contribution in [3.05, 3.63) is 58.9 Å². The van der Waals surface area contributed by atoms with Crippen molar-refractivity contribution >= 4 is 5.91 Å². The minimum absolute atomic E-state index is 0.0640. The number of amides is 1. The fraction of sp³-hybridized carbons (Fsp3) is 0.476. The number of aromatic nitrogens is 1. The average Bonchev–Trinajstić information content (AvgIpc) is 2.91. The molecule has 134 valence electrons. The quantitative estimate of drug-likeness (QED) is 0.925. The van der Waals surface area contributed by atoms with Crippen LogP contribution in [0.1, 0.15) is 53.1 Å². The molecule has 1 amide bonds. The third-order valence-corrected chi connectivity index (χ3v) is 5.45. The van der Waals surface area contributed by atoms with Crippen molar-refractivity contribution in [2.45, 2.75) is 45.7 Å². The molecule has 0 radical (unpaired) electrons. The Kier molecular flexibility index (Phi) is 5.28. The maximum atomic E-state index is 12.8. The van der Waals surface area contributed by atoms with Crippen LogP contribution < -0.4 is 5.32 Å². The van der Waals surface area contributed by atoms with E-state index < -0.39 is 0 Å². The minimum atomic E-state index is 0.0640. The molecule has 1 aromatic heterocycles. The summed E-state index contributed by atoms with van der Waals surface area (Å²) in [4.78, 5) is 15.1. The lowest BCUT2D eigenvalue weighted by atomic mass is 10.0. The Bertz CT molecular complexity index is 727. The van der Waals surface area contributed by atoms with Gasteiger partial charge in [0.1, 0.15) is 0 Å². The molecule has 1 saturated heterocycles. The number of carbonyl (C=O) groups excluding carboxylic acids is 1. The molecular formula is C21H29N3O. The van der Waals surface area contributed by atoms with Crippen LogP contribution in [0.4, 0.5) is 0 Å². The minimum Gasteiger partial charge on any atom is -0.349 e. The summed E-state index contributed by atoms with van der Waals surface area (Å²) in [5, 5.41) is 3.24. The van der Waals surface area contributed by atoms with Crippen molar-refractivity contribution < 1.29 is 4.79 Å². The number of likely N-dealkylation sites (tertiary alicyclic amines) is 1. The molecule has 1 aliphatic heterocycles. The Morgan fingerprint density at radius 3 is 2.44 bits per heavy atom. The van der Waals surface area contributed by atoms with Gasteiger partial charge < -0.3 is 14.8 Å². The van der Waals surface area contributed by atoms with Crippen LogP contribution in [0.15, 0.2) is 36.4 Å². The number of aryl methyl sites for hydroxylation is 1. The predicted octanol–water partition coefficient (Wildman–Crippen LogP) is 3.54. The largest absolute Gasteiger partial charge is 0.349 e. The Labute approximate surface area is 150 Å². The van der Waals surface area contributed by atoms with Gasteiger partial charge in [-0.05, 0) is 65.4 Å². The Morgan fingerprint density at radius 2 is 1.80 bits per heavy atom. The molecule has 2 heterocycles. The molecule has 1 aliphatic rings. The molecule has 1 atom stereocenters. The van der Waals surface area contributed by atoms with E-state index in [0.29, 0.717) is 6.04 Å². The number of hydrogen-bond donors (Lipinski definition) is 1. The molecule has 4 heteroatoms. The first-order valence-corrected chi connectivity index (χ1v) is 9.20.